The first-order valence-electron chi connectivity index (χ1n) is 9.18. The van der Waals surface area contributed by atoms with E-state index in [-0.39, 0.29) is 35.2 Å². The zero-order valence-electron chi connectivity index (χ0n) is 16.6. The summed E-state index contributed by atoms with van der Waals surface area (Å²) in [6.45, 7) is -0.382. The molecule has 2 heterocycles. The summed E-state index contributed by atoms with van der Waals surface area (Å²) in [7, 11) is 1.56. The molecule has 0 aliphatic rings. The smallest absolute Gasteiger partial charge is 0.389 e. The summed E-state index contributed by atoms with van der Waals surface area (Å²) in [4.78, 5) is 26.5. The van der Waals surface area contributed by atoms with Crippen LogP contribution in [0.4, 0.5) is 13.2 Å². The highest BCUT2D eigenvalue weighted by molar-refractivity contribution is 5.90. The number of H-pyrrole nitrogens is 1. The molecule has 1 amide bonds. The fraction of sp³-hybridized carbons (Fsp3) is 0.100. The molecule has 32 heavy (non-hydrogen) atoms. The van der Waals surface area contributed by atoms with Crippen LogP contribution in [0.1, 0.15) is 16.1 Å². The standard InChI is InChI=1S/C20H15F3N6O3/c1-27-9-16(18(24)30)26-19(27)32-17-6-5-11(7-15(17)23)29-20(31)28(10-25-29)8-12-13(21)3-2-4-14(12)22/h2-7,9-10H,8H2,1H3,(H2,24,30)/p+1. The van der Waals surface area contributed by atoms with Crippen LogP contribution in [-0.2, 0) is 13.6 Å². The summed E-state index contributed by atoms with van der Waals surface area (Å²) in [5.74, 6) is -3.32. The van der Waals surface area contributed by atoms with Crippen molar-refractivity contribution in [2.45, 2.75) is 6.54 Å². The highest BCUT2D eigenvalue weighted by atomic mass is 19.1. The van der Waals surface area contributed by atoms with Crippen LogP contribution in [0.5, 0.6) is 11.8 Å². The van der Waals surface area contributed by atoms with Crippen LogP contribution in [0.25, 0.3) is 5.69 Å². The van der Waals surface area contributed by atoms with Gasteiger partial charge < -0.3 is 10.5 Å². The zero-order chi connectivity index (χ0) is 23.0. The molecule has 4 rings (SSSR count). The number of rotatable bonds is 6. The Morgan fingerprint density at radius 2 is 1.91 bits per heavy atom. The van der Waals surface area contributed by atoms with Crippen molar-refractivity contribution in [1.29, 1.82) is 0 Å². The molecule has 0 bridgehead atoms. The normalized spacial score (nSPS) is 11.0. The van der Waals surface area contributed by atoms with Crippen molar-refractivity contribution in [1.82, 2.24) is 19.3 Å². The van der Waals surface area contributed by atoms with Crippen LogP contribution in [0, 0.1) is 17.5 Å². The van der Waals surface area contributed by atoms with Gasteiger partial charge in [-0.25, -0.2) is 18.0 Å². The lowest BCUT2D eigenvalue weighted by Gasteiger charge is -2.06. The molecule has 0 fully saturated rings. The molecule has 0 atom stereocenters. The molecule has 0 saturated carbocycles. The van der Waals surface area contributed by atoms with Crippen LogP contribution < -0.4 is 20.7 Å². The van der Waals surface area contributed by atoms with Gasteiger partial charge in [0.05, 0.1) is 19.3 Å². The molecule has 12 heteroatoms. The summed E-state index contributed by atoms with van der Waals surface area (Å²) in [6.07, 6.45) is 2.48. The molecule has 164 valence electrons. The molecule has 9 nitrogen and oxygen atoms in total. The lowest BCUT2D eigenvalue weighted by molar-refractivity contribution is -0.674. The third kappa shape index (κ3) is 3.85. The monoisotopic (exact) mass is 445 g/mol. The number of aromatic amines is 1. The summed E-state index contributed by atoms with van der Waals surface area (Å²) in [6, 6.07) is 7.08. The minimum absolute atomic E-state index is 0.0545. The Kier molecular flexibility index (Phi) is 5.26. The second-order valence-corrected chi connectivity index (χ2v) is 6.82. The fourth-order valence-corrected chi connectivity index (χ4v) is 2.99. The average molecular weight is 445 g/mol. The molecule has 0 aliphatic heterocycles. The summed E-state index contributed by atoms with van der Waals surface area (Å²) in [5, 5.41) is 3.89. The van der Waals surface area contributed by atoms with Gasteiger partial charge in [0.15, 0.2) is 11.6 Å². The van der Waals surface area contributed by atoms with Crippen LogP contribution >= 0.6 is 0 Å². The van der Waals surface area contributed by atoms with Crippen molar-refractivity contribution < 1.29 is 27.3 Å². The van der Waals surface area contributed by atoms with Crippen molar-refractivity contribution in [3.05, 3.63) is 88.1 Å². The van der Waals surface area contributed by atoms with E-state index in [1.807, 2.05) is 0 Å². The number of ether oxygens (including phenoxy) is 1. The first-order chi connectivity index (χ1) is 15.2. The van der Waals surface area contributed by atoms with E-state index >= 15 is 0 Å². The lowest BCUT2D eigenvalue weighted by atomic mass is 10.2. The topological polar surface area (TPSA) is 112 Å². The predicted molar refractivity (Wildman–Crippen MR) is 104 cm³/mol. The van der Waals surface area contributed by atoms with Gasteiger partial charge in [-0.3, -0.25) is 9.36 Å². The van der Waals surface area contributed by atoms with E-state index in [0.717, 1.165) is 33.8 Å². The molecule has 4 aromatic rings. The van der Waals surface area contributed by atoms with Gasteiger partial charge >= 0.3 is 11.7 Å². The quantitative estimate of drug-likeness (QED) is 0.439. The first-order valence-corrected chi connectivity index (χ1v) is 9.18. The maximum Gasteiger partial charge on any atom is 0.459 e. The molecule has 0 spiro atoms. The number of nitrogens with one attached hydrogen (secondary N) is 1. The Labute approximate surface area is 178 Å². The van der Waals surface area contributed by atoms with Gasteiger partial charge in [0.2, 0.25) is 5.69 Å². The molecule has 2 aromatic carbocycles. The third-order valence-electron chi connectivity index (χ3n) is 4.64. The van der Waals surface area contributed by atoms with E-state index in [4.69, 9.17) is 10.5 Å². The highest BCUT2D eigenvalue weighted by Gasteiger charge is 2.21. The largest absolute Gasteiger partial charge is 0.459 e. The van der Waals surface area contributed by atoms with Gasteiger partial charge in [-0.2, -0.15) is 19.3 Å². The van der Waals surface area contributed by atoms with Crippen molar-refractivity contribution in [3.63, 3.8) is 0 Å². The van der Waals surface area contributed by atoms with Gasteiger partial charge in [0.1, 0.15) is 24.2 Å². The maximum atomic E-state index is 14.6. The summed E-state index contributed by atoms with van der Waals surface area (Å²) in [5.41, 5.74) is 4.32. The number of carbonyl (C=O) groups excluding carboxylic acids is 1. The Morgan fingerprint density at radius 1 is 1.19 bits per heavy atom. The number of aromatic nitrogens is 5. The number of benzene rings is 2. The summed E-state index contributed by atoms with van der Waals surface area (Å²) >= 11 is 0. The zero-order valence-corrected chi connectivity index (χ0v) is 16.6. The van der Waals surface area contributed by atoms with Crippen LogP contribution in [0.15, 0.2) is 53.7 Å². The Bertz CT molecular complexity index is 1370. The molecule has 3 N–H and O–H groups in total. The van der Waals surface area contributed by atoms with E-state index < -0.39 is 29.0 Å². The molecule has 0 unspecified atom stereocenters. The molecule has 0 radical (unpaired) electrons. The second kappa shape index (κ2) is 8.06. The Hall–Kier alpha value is -4.35. The third-order valence-corrected chi connectivity index (χ3v) is 4.64. The van der Waals surface area contributed by atoms with Gasteiger partial charge in [0.25, 0.3) is 5.91 Å². The molecular formula is C20H16F3N6O3+. The minimum Gasteiger partial charge on any atom is -0.389 e. The molecule has 0 saturated heterocycles. The fourth-order valence-electron chi connectivity index (χ4n) is 2.99. The van der Waals surface area contributed by atoms with E-state index in [1.54, 1.807) is 7.05 Å². The van der Waals surface area contributed by atoms with Crippen molar-refractivity contribution >= 4 is 5.91 Å². The maximum absolute atomic E-state index is 14.6. The number of nitrogens with zero attached hydrogens (tertiary/aromatic N) is 4. The van der Waals surface area contributed by atoms with Crippen LogP contribution in [-0.4, -0.2) is 25.2 Å². The number of amides is 1. The number of imidazole rings is 1. The van der Waals surface area contributed by atoms with Gasteiger partial charge in [0, 0.05) is 11.6 Å². The molecular weight excluding hydrogens is 429 g/mol. The average Bonchev–Trinajstić information content (AvgIpc) is 3.29. The van der Waals surface area contributed by atoms with Crippen LogP contribution in [0.3, 0.4) is 0 Å². The number of hydrogen-bond donors (Lipinski definition) is 2. The lowest BCUT2D eigenvalue weighted by Crippen LogP contribution is -2.27. The number of primary amides is 1. The second-order valence-electron chi connectivity index (χ2n) is 6.82. The van der Waals surface area contributed by atoms with Crippen molar-refractivity contribution in [3.8, 4) is 17.4 Å². The van der Waals surface area contributed by atoms with Crippen LogP contribution in [0.2, 0.25) is 0 Å². The van der Waals surface area contributed by atoms with Gasteiger partial charge in [-0.15, -0.1) is 0 Å². The number of carbonyl (C=O) groups is 1. The number of aryl methyl sites for hydroxylation is 1. The van der Waals surface area contributed by atoms with Gasteiger partial charge in [-0.05, 0) is 24.3 Å². The number of nitrogens with two attached hydrogens (primary N) is 1. The van der Waals surface area contributed by atoms with Gasteiger partial charge in [-0.1, -0.05) is 6.07 Å². The highest BCUT2D eigenvalue weighted by Crippen LogP contribution is 2.23. The van der Waals surface area contributed by atoms with E-state index in [0.29, 0.717) is 0 Å². The predicted octanol–water partition coefficient (Wildman–Crippen LogP) is 1.54. The Morgan fingerprint density at radius 3 is 2.53 bits per heavy atom. The van der Waals surface area contributed by atoms with Crippen molar-refractivity contribution in [2.24, 2.45) is 12.8 Å². The Balaban J connectivity index is 1.60. The van der Waals surface area contributed by atoms with E-state index in [9.17, 15) is 22.8 Å². The minimum atomic E-state index is -0.820. The first kappa shape index (κ1) is 20.9. The number of hydrogen-bond acceptors (Lipinski definition) is 4. The van der Waals surface area contributed by atoms with E-state index in [1.165, 1.54) is 29.0 Å². The molecule has 2 aromatic heterocycles. The molecule has 0 aliphatic carbocycles. The van der Waals surface area contributed by atoms with E-state index in [2.05, 4.69) is 10.1 Å². The SMILES string of the molecule is C[n+]1cc(C(N)=O)[nH]c1Oc1ccc(-n2ncn(Cc3c(F)cccc3F)c2=O)cc1F. The van der Waals surface area contributed by atoms with Crippen molar-refractivity contribution in [2.75, 3.05) is 0 Å². The number of halogens is 3. The summed E-state index contributed by atoms with van der Waals surface area (Å²) < 4.78 is 51.1.